The molecular weight excluding hydrogens is 693 g/mol. The molecule has 0 saturated carbocycles. The number of ether oxygens (including phenoxy) is 1. The Hall–Kier alpha value is -5.09. The average Bonchev–Trinajstić information content (AvgIpc) is 3.59. The molecule has 6 aromatic rings. The Morgan fingerprint density at radius 1 is 0.900 bits per heavy atom. The van der Waals surface area contributed by atoms with Crippen LogP contribution in [-0.4, -0.2) is 35.2 Å². The van der Waals surface area contributed by atoms with Crippen LogP contribution in [0.4, 0.5) is 5.69 Å². The number of aromatic amines is 1. The van der Waals surface area contributed by atoms with Gasteiger partial charge in [0.05, 0.1) is 33.9 Å². The van der Waals surface area contributed by atoms with E-state index in [0.717, 1.165) is 45.8 Å². The van der Waals surface area contributed by atoms with E-state index in [1.165, 1.54) is 18.2 Å². The monoisotopic (exact) mass is 725 g/mol. The van der Waals surface area contributed by atoms with Gasteiger partial charge in [0.1, 0.15) is 11.6 Å². The number of aromatic nitrogens is 2. The Labute approximate surface area is 300 Å². The first-order valence-corrected chi connectivity index (χ1v) is 18.3. The standard InChI is InChI=1S/C39H33Cl2N3O5S/c1-2-32(38-42-24-36(43-38)33-18-15-30(40)23-34(33)41)28-10-8-26(9-11-28)27-12-16-31(17-13-27)49-37-19-14-29(39(45)46)22-35(37)44-50(47,48)21-20-25-6-4-3-5-7-25/h3-19,22-24,32,44H,2,20-21H2,1H3,(H,42,43)(H,45,46). The number of sulfonamides is 1. The van der Waals surface area contributed by atoms with Gasteiger partial charge in [-0.25, -0.2) is 18.2 Å². The molecular formula is C39H33Cl2N3O5S. The van der Waals surface area contributed by atoms with Crippen molar-refractivity contribution >= 4 is 44.9 Å². The first-order chi connectivity index (χ1) is 24.1. The third-order valence-electron chi connectivity index (χ3n) is 8.28. The predicted molar refractivity (Wildman–Crippen MR) is 199 cm³/mol. The van der Waals surface area contributed by atoms with Crippen LogP contribution in [0.25, 0.3) is 22.4 Å². The van der Waals surface area contributed by atoms with E-state index < -0.39 is 16.0 Å². The molecule has 0 aliphatic heterocycles. The summed E-state index contributed by atoms with van der Waals surface area (Å²) in [6.07, 6.45) is 2.93. The normalized spacial score (nSPS) is 12.0. The number of carboxylic acids is 1. The van der Waals surface area contributed by atoms with E-state index in [0.29, 0.717) is 22.2 Å². The lowest BCUT2D eigenvalue weighted by Crippen LogP contribution is -2.19. The zero-order chi connectivity index (χ0) is 35.3. The summed E-state index contributed by atoms with van der Waals surface area (Å²) in [6, 6.07) is 34.4. The molecule has 0 aliphatic rings. The zero-order valence-corrected chi connectivity index (χ0v) is 29.3. The number of H-pyrrole nitrogens is 1. The second-order valence-corrected chi connectivity index (χ2v) is 14.4. The molecule has 1 heterocycles. The van der Waals surface area contributed by atoms with Crippen molar-refractivity contribution < 1.29 is 23.1 Å². The number of aryl methyl sites for hydroxylation is 1. The smallest absolute Gasteiger partial charge is 0.335 e. The van der Waals surface area contributed by atoms with Crippen LogP contribution in [-0.2, 0) is 16.4 Å². The number of rotatable bonds is 13. The molecule has 3 N–H and O–H groups in total. The molecule has 0 fully saturated rings. The largest absolute Gasteiger partial charge is 0.478 e. The highest BCUT2D eigenvalue weighted by molar-refractivity contribution is 7.92. The van der Waals surface area contributed by atoms with Gasteiger partial charge < -0.3 is 14.8 Å². The highest BCUT2D eigenvalue weighted by Gasteiger charge is 2.19. The second-order valence-electron chi connectivity index (χ2n) is 11.7. The van der Waals surface area contributed by atoms with Crippen molar-refractivity contribution in [1.82, 2.24) is 9.97 Å². The molecule has 0 aliphatic carbocycles. The molecule has 1 aromatic heterocycles. The van der Waals surface area contributed by atoms with Gasteiger partial charge in [-0.05, 0) is 83.6 Å². The summed E-state index contributed by atoms with van der Waals surface area (Å²) in [4.78, 5) is 19.8. The maximum atomic E-state index is 13.0. The van der Waals surface area contributed by atoms with Crippen LogP contribution in [0.15, 0.2) is 121 Å². The minimum Gasteiger partial charge on any atom is -0.478 e. The molecule has 1 unspecified atom stereocenters. The van der Waals surface area contributed by atoms with E-state index in [1.54, 1.807) is 30.5 Å². The number of aromatic carboxylic acids is 1. The molecule has 6 rings (SSSR count). The van der Waals surface area contributed by atoms with Crippen LogP contribution in [0.2, 0.25) is 10.0 Å². The van der Waals surface area contributed by atoms with E-state index in [2.05, 4.69) is 45.9 Å². The maximum absolute atomic E-state index is 13.0. The minimum atomic E-state index is -3.82. The lowest BCUT2D eigenvalue weighted by Gasteiger charge is -2.15. The maximum Gasteiger partial charge on any atom is 0.335 e. The average molecular weight is 727 g/mol. The number of benzene rings is 5. The molecule has 0 radical (unpaired) electrons. The summed E-state index contributed by atoms with van der Waals surface area (Å²) in [6.45, 7) is 2.12. The van der Waals surface area contributed by atoms with Crippen molar-refractivity contribution in [3.05, 3.63) is 154 Å². The Morgan fingerprint density at radius 3 is 2.26 bits per heavy atom. The number of anilines is 1. The number of nitrogens with zero attached hydrogens (tertiary/aromatic N) is 1. The summed E-state index contributed by atoms with van der Waals surface area (Å²) < 4.78 is 34.5. The van der Waals surface area contributed by atoms with Crippen molar-refractivity contribution in [3.8, 4) is 33.9 Å². The summed E-state index contributed by atoms with van der Waals surface area (Å²) in [5, 5.41) is 10.7. The fraction of sp³-hybridized carbons (Fsp3) is 0.128. The van der Waals surface area contributed by atoms with Crippen molar-refractivity contribution in [3.63, 3.8) is 0 Å². The van der Waals surface area contributed by atoms with Gasteiger partial charge in [-0.1, -0.05) is 96.9 Å². The molecule has 0 spiro atoms. The van der Waals surface area contributed by atoms with Gasteiger partial charge >= 0.3 is 5.97 Å². The Morgan fingerprint density at radius 2 is 1.60 bits per heavy atom. The number of hydrogen-bond acceptors (Lipinski definition) is 5. The van der Waals surface area contributed by atoms with Gasteiger partial charge in [0.2, 0.25) is 10.0 Å². The number of carbonyl (C=O) groups is 1. The molecule has 1 atom stereocenters. The van der Waals surface area contributed by atoms with Crippen LogP contribution < -0.4 is 9.46 Å². The predicted octanol–water partition coefficient (Wildman–Crippen LogP) is 10.1. The molecule has 11 heteroatoms. The molecule has 0 bridgehead atoms. The van der Waals surface area contributed by atoms with Gasteiger partial charge in [0.15, 0.2) is 5.75 Å². The van der Waals surface area contributed by atoms with E-state index in [1.807, 2.05) is 48.5 Å². The Kier molecular flexibility index (Phi) is 10.6. The van der Waals surface area contributed by atoms with Crippen molar-refractivity contribution in [2.75, 3.05) is 10.5 Å². The van der Waals surface area contributed by atoms with E-state index in [4.69, 9.17) is 27.9 Å². The molecule has 0 amide bonds. The van der Waals surface area contributed by atoms with E-state index in [-0.39, 0.29) is 28.7 Å². The number of nitrogens with one attached hydrogen (secondary N) is 2. The third kappa shape index (κ3) is 8.37. The van der Waals surface area contributed by atoms with Gasteiger partial charge in [-0.3, -0.25) is 4.72 Å². The quantitative estimate of drug-likeness (QED) is 0.109. The molecule has 5 aromatic carbocycles. The highest BCUT2D eigenvalue weighted by Crippen LogP contribution is 2.35. The van der Waals surface area contributed by atoms with Crippen LogP contribution in [0.3, 0.4) is 0 Å². The Balaban J connectivity index is 1.16. The SMILES string of the molecule is CCC(c1ccc(-c2ccc(Oc3ccc(C(=O)O)cc3NS(=O)(=O)CCc3ccccc3)cc2)cc1)c1ncc(-c2ccc(Cl)cc2Cl)[nH]1. The number of imidazole rings is 1. The van der Waals surface area contributed by atoms with Gasteiger partial charge in [0, 0.05) is 16.5 Å². The number of halogens is 2. The summed E-state index contributed by atoms with van der Waals surface area (Å²) >= 11 is 12.5. The van der Waals surface area contributed by atoms with Crippen molar-refractivity contribution in [1.29, 1.82) is 0 Å². The zero-order valence-electron chi connectivity index (χ0n) is 26.9. The molecule has 50 heavy (non-hydrogen) atoms. The lowest BCUT2D eigenvalue weighted by atomic mass is 9.93. The van der Waals surface area contributed by atoms with Gasteiger partial charge in [0.25, 0.3) is 0 Å². The van der Waals surface area contributed by atoms with Gasteiger partial charge in [-0.15, -0.1) is 0 Å². The van der Waals surface area contributed by atoms with Crippen LogP contribution >= 0.6 is 23.2 Å². The van der Waals surface area contributed by atoms with Crippen LogP contribution in [0.5, 0.6) is 11.5 Å². The highest BCUT2D eigenvalue weighted by atomic mass is 35.5. The molecule has 8 nitrogen and oxygen atoms in total. The van der Waals surface area contributed by atoms with Crippen LogP contribution in [0.1, 0.15) is 46.6 Å². The first-order valence-electron chi connectivity index (χ1n) is 15.9. The van der Waals surface area contributed by atoms with Gasteiger partial charge in [-0.2, -0.15) is 0 Å². The van der Waals surface area contributed by atoms with Crippen LogP contribution in [0, 0.1) is 0 Å². The summed E-state index contributed by atoms with van der Waals surface area (Å²) in [5.41, 5.74) is 5.58. The van der Waals surface area contributed by atoms with E-state index in [9.17, 15) is 18.3 Å². The fourth-order valence-electron chi connectivity index (χ4n) is 5.64. The van der Waals surface area contributed by atoms with Crippen molar-refractivity contribution in [2.24, 2.45) is 0 Å². The first kappa shape index (κ1) is 34.8. The lowest BCUT2D eigenvalue weighted by molar-refractivity contribution is 0.0697. The Bertz CT molecular complexity index is 2220. The second kappa shape index (κ2) is 15.2. The van der Waals surface area contributed by atoms with Crippen molar-refractivity contribution in [2.45, 2.75) is 25.7 Å². The van der Waals surface area contributed by atoms with E-state index >= 15 is 0 Å². The summed E-state index contributed by atoms with van der Waals surface area (Å²) in [7, 11) is -3.82. The topological polar surface area (TPSA) is 121 Å². The molecule has 0 saturated heterocycles. The molecule has 254 valence electrons. The third-order valence-corrected chi connectivity index (χ3v) is 10.1. The minimum absolute atomic E-state index is 0.0445. The number of hydrogen-bond donors (Lipinski definition) is 3. The summed E-state index contributed by atoms with van der Waals surface area (Å²) in [5.74, 6) is 0.174. The fourth-order valence-corrected chi connectivity index (χ4v) is 7.25. The number of carboxylic acid groups (broad SMARTS) is 1.